The highest BCUT2D eigenvalue weighted by atomic mass is 79.9. The Bertz CT molecular complexity index is 499. The molecular formula is C14H24Br2N4O. The molecule has 0 fully saturated rings. The minimum absolute atomic E-state index is 0. The van der Waals surface area contributed by atoms with E-state index in [1.54, 1.807) is 0 Å². The van der Waals surface area contributed by atoms with E-state index in [2.05, 4.69) is 51.3 Å². The summed E-state index contributed by atoms with van der Waals surface area (Å²) in [7, 11) is 0. The third kappa shape index (κ3) is 6.32. The first kappa shape index (κ1) is 20.3. The minimum atomic E-state index is 0. The van der Waals surface area contributed by atoms with Crippen molar-refractivity contribution in [3.05, 3.63) is 36.9 Å². The van der Waals surface area contributed by atoms with Crippen LogP contribution >= 0.6 is 17.0 Å². The van der Waals surface area contributed by atoms with Crippen LogP contribution < -0.4 is 21.5 Å². The summed E-state index contributed by atoms with van der Waals surface area (Å²) in [6, 6.07) is 0. The van der Waals surface area contributed by atoms with Crippen LogP contribution in [0.15, 0.2) is 31.1 Å². The maximum Gasteiger partial charge on any atom is 0.243 e. The molecule has 0 saturated heterocycles. The molecule has 0 saturated carbocycles. The summed E-state index contributed by atoms with van der Waals surface area (Å²) < 4.78 is 12.1. The molecule has 0 amide bonds. The molecule has 2 aromatic heterocycles. The quantitative estimate of drug-likeness (QED) is 0.397. The van der Waals surface area contributed by atoms with E-state index in [-0.39, 0.29) is 34.0 Å². The average Bonchev–Trinajstić information content (AvgIpc) is 3.06. The molecular weight excluding hydrogens is 400 g/mol. The minimum Gasteiger partial charge on any atom is -1.00 e. The predicted octanol–water partition coefficient (Wildman–Crippen LogP) is -1.15. The molecule has 0 atom stereocenters. The molecule has 0 aliphatic rings. The Morgan fingerprint density at radius 2 is 2.05 bits per heavy atom. The second kappa shape index (κ2) is 11.0. The molecule has 2 rings (SSSR count). The van der Waals surface area contributed by atoms with Crippen molar-refractivity contribution in [3.8, 4) is 0 Å². The first-order valence-electron chi connectivity index (χ1n) is 6.96. The maximum absolute atomic E-state index is 5.67. The molecule has 0 unspecified atom stereocenters. The lowest BCUT2D eigenvalue weighted by Gasteiger charge is -2.05. The van der Waals surface area contributed by atoms with E-state index < -0.39 is 0 Å². The van der Waals surface area contributed by atoms with Crippen molar-refractivity contribution in [2.75, 3.05) is 13.2 Å². The number of halogens is 2. The number of imidazole rings is 2. The smallest absolute Gasteiger partial charge is 0.243 e. The summed E-state index contributed by atoms with van der Waals surface area (Å²) in [5, 5.41) is 0. The van der Waals surface area contributed by atoms with E-state index in [1.165, 1.54) is 0 Å². The van der Waals surface area contributed by atoms with Crippen LogP contribution in [0.25, 0.3) is 0 Å². The Labute approximate surface area is 147 Å². The van der Waals surface area contributed by atoms with Gasteiger partial charge in [-0.1, -0.05) is 0 Å². The first-order chi connectivity index (χ1) is 9.33. The van der Waals surface area contributed by atoms with Gasteiger partial charge in [-0.25, -0.2) is 14.1 Å². The van der Waals surface area contributed by atoms with Crippen molar-refractivity contribution in [1.82, 2.24) is 14.1 Å². The van der Waals surface area contributed by atoms with Gasteiger partial charge in [0, 0.05) is 25.4 Å². The van der Waals surface area contributed by atoms with Crippen molar-refractivity contribution >= 4 is 17.0 Å². The summed E-state index contributed by atoms with van der Waals surface area (Å²) in [6.45, 7) is 8.60. The van der Waals surface area contributed by atoms with Gasteiger partial charge in [-0.15, -0.1) is 17.0 Å². The number of hydrogen-bond acceptors (Lipinski definition) is 2. The van der Waals surface area contributed by atoms with E-state index in [1.807, 2.05) is 12.4 Å². The summed E-state index contributed by atoms with van der Waals surface area (Å²) in [6.07, 6.45) is 11.0. The van der Waals surface area contributed by atoms with Crippen LogP contribution in [0.3, 0.4) is 0 Å². The molecule has 0 aromatic carbocycles. The highest BCUT2D eigenvalue weighted by Crippen LogP contribution is 1.99. The molecule has 2 heterocycles. The molecule has 21 heavy (non-hydrogen) atoms. The van der Waals surface area contributed by atoms with Crippen LogP contribution in [0.5, 0.6) is 0 Å². The van der Waals surface area contributed by atoms with E-state index in [0.717, 1.165) is 45.1 Å². The molecule has 0 aliphatic heterocycles. The summed E-state index contributed by atoms with van der Waals surface area (Å²) >= 11 is 0. The van der Waals surface area contributed by atoms with Crippen LogP contribution in [0.1, 0.15) is 19.7 Å². The lowest BCUT2D eigenvalue weighted by molar-refractivity contribution is -0.693. The largest absolute Gasteiger partial charge is 1.00 e. The number of nitrogens with zero attached hydrogens (tertiary/aromatic N) is 4. The van der Waals surface area contributed by atoms with Gasteiger partial charge >= 0.3 is 0 Å². The van der Waals surface area contributed by atoms with Gasteiger partial charge in [0.15, 0.2) is 0 Å². The van der Waals surface area contributed by atoms with Crippen molar-refractivity contribution in [3.63, 3.8) is 0 Å². The van der Waals surface area contributed by atoms with Crippen LogP contribution in [0, 0.1) is 0 Å². The maximum atomic E-state index is 5.67. The lowest BCUT2D eigenvalue weighted by Crippen LogP contribution is -3.00. The van der Waals surface area contributed by atoms with Crippen LogP contribution in [0.4, 0.5) is 0 Å². The fourth-order valence-corrected chi connectivity index (χ4v) is 2.05. The van der Waals surface area contributed by atoms with Crippen molar-refractivity contribution in [2.24, 2.45) is 0 Å². The predicted molar refractivity (Wildman–Crippen MR) is 83.0 cm³/mol. The van der Waals surface area contributed by atoms with Gasteiger partial charge < -0.3 is 26.3 Å². The topological polar surface area (TPSA) is 35.9 Å². The Hall–Kier alpha value is -0.660. The summed E-state index contributed by atoms with van der Waals surface area (Å²) in [5.41, 5.74) is 0. The molecule has 120 valence electrons. The first-order valence-corrected chi connectivity index (χ1v) is 6.96. The Kier molecular flexibility index (Phi) is 10.6. The van der Waals surface area contributed by atoms with Gasteiger partial charge in [0.05, 0.1) is 19.8 Å². The Morgan fingerprint density at radius 3 is 2.71 bits per heavy atom. The third-order valence-corrected chi connectivity index (χ3v) is 3.22. The highest BCUT2D eigenvalue weighted by Gasteiger charge is 2.03. The van der Waals surface area contributed by atoms with Gasteiger partial charge in [-0.2, -0.15) is 0 Å². The Morgan fingerprint density at radius 1 is 1.24 bits per heavy atom. The van der Waals surface area contributed by atoms with Crippen LogP contribution in [-0.4, -0.2) is 27.3 Å². The molecule has 0 aliphatic carbocycles. The average molecular weight is 424 g/mol. The fourth-order valence-electron chi connectivity index (χ4n) is 2.05. The fraction of sp³-hybridized carbons (Fsp3) is 0.571. The van der Waals surface area contributed by atoms with Gasteiger partial charge in [-0.3, -0.25) is 0 Å². The molecule has 0 spiro atoms. The second-order valence-corrected chi connectivity index (χ2v) is 4.47. The zero-order valence-electron chi connectivity index (χ0n) is 12.6. The summed E-state index contributed by atoms with van der Waals surface area (Å²) in [5.74, 6) is 1.10. The number of ether oxygens (including phenoxy) is 1. The van der Waals surface area contributed by atoms with Gasteiger partial charge in [0.2, 0.25) is 6.33 Å². The summed E-state index contributed by atoms with van der Waals surface area (Å²) in [4.78, 5) is 4.33. The Balaban J connectivity index is 0.00000200. The van der Waals surface area contributed by atoms with Gasteiger partial charge in [0.1, 0.15) is 24.8 Å². The van der Waals surface area contributed by atoms with Crippen LogP contribution in [-0.2, 0) is 30.8 Å². The van der Waals surface area contributed by atoms with Crippen molar-refractivity contribution in [2.45, 2.75) is 39.9 Å². The number of aromatic nitrogens is 4. The second-order valence-electron chi connectivity index (χ2n) is 4.47. The monoisotopic (exact) mass is 422 g/mol. The number of hydrogen-bond donors (Lipinski definition) is 0. The molecule has 0 N–H and O–H groups in total. The highest BCUT2D eigenvalue weighted by molar-refractivity contribution is 8.93. The molecule has 2 aromatic rings. The van der Waals surface area contributed by atoms with Gasteiger partial charge in [-0.05, 0) is 13.8 Å². The van der Waals surface area contributed by atoms with E-state index >= 15 is 0 Å². The molecule has 5 nitrogen and oxygen atoms in total. The third-order valence-electron chi connectivity index (χ3n) is 3.22. The number of rotatable bonds is 8. The van der Waals surface area contributed by atoms with E-state index in [0.29, 0.717) is 0 Å². The standard InChI is InChI=1S/C14H23N4O.2BrH/c1-3-16-8-9-17(13-16)10-12-19-11-5-14-15-6-7-18(14)4-2;;/h6-9,13H,3-5,10-12H2,1-2H3;2*1H/q+1;;/p-1. The van der Waals surface area contributed by atoms with Crippen LogP contribution in [0.2, 0.25) is 0 Å². The normalized spacial score (nSPS) is 10.0. The number of aryl methyl sites for hydroxylation is 2. The SMILES string of the molecule is Br.CCn1ccnc1CCOCCn1cc[n+](CC)c1.[Br-]. The van der Waals surface area contributed by atoms with Crippen molar-refractivity contribution < 1.29 is 26.3 Å². The molecule has 0 bridgehead atoms. The lowest BCUT2D eigenvalue weighted by atomic mass is 10.4. The zero-order chi connectivity index (χ0) is 13.5. The van der Waals surface area contributed by atoms with E-state index in [9.17, 15) is 0 Å². The van der Waals surface area contributed by atoms with E-state index in [4.69, 9.17) is 4.74 Å². The molecule has 0 radical (unpaired) electrons. The zero-order valence-corrected chi connectivity index (χ0v) is 15.9. The van der Waals surface area contributed by atoms with Gasteiger partial charge in [0.25, 0.3) is 0 Å². The van der Waals surface area contributed by atoms with Crippen molar-refractivity contribution in [1.29, 1.82) is 0 Å². The molecule has 7 heteroatoms.